The van der Waals surface area contributed by atoms with Crippen LogP contribution in [0, 0.1) is 17.7 Å². The van der Waals surface area contributed by atoms with E-state index in [0.717, 1.165) is 11.6 Å². The van der Waals surface area contributed by atoms with Gasteiger partial charge in [-0.2, -0.15) is 0 Å². The number of carbonyl (C=O) groups is 1. The molecule has 0 aliphatic heterocycles. The van der Waals surface area contributed by atoms with Crippen LogP contribution in [0.25, 0.3) is 0 Å². The van der Waals surface area contributed by atoms with Gasteiger partial charge in [-0.05, 0) is 30.3 Å². The molecule has 0 saturated heterocycles. The van der Waals surface area contributed by atoms with Crippen LogP contribution >= 0.6 is 11.6 Å². The first-order valence-electron chi connectivity index (χ1n) is 5.94. The van der Waals surface area contributed by atoms with Crippen molar-refractivity contribution >= 4 is 17.5 Å². The smallest absolute Gasteiger partial charge is 0.253 e. The Morgan fingerprint density at radius 3 is 2.65 bits per heavy atom. The van der Waals surface area contributed by atoms with Gasteiger partial charge >= 0.3 is 0 Å². The molecular weight excluding hydrogens is 277 g/mol. The molecule has 2 aromatic rings. The fourth-order valence-electron chi connectivity index (χ4n) is 1.56. The molecule has 0 radical (unpaired) electrons. The first-order chi connectivity index (χ1) is 9.66. The van der Waals surface area contributed by atoms with Gasteiger partial charge in [0.25, 0.3) is 5.91 Å². The van der Waals surface area contributed by atoms with E-state index in [0.29, 0.717) is 0 Å². The first kappa shape index (κ1) is 14.1. The number of amides is 1. The zero-order chi connectivity index (χ0) is 14.4. The Morgan fingerprint density at radius 1 is 1.20 bits per heavy atom. The molecule has 0 atom stereocenters. The summed E-state index contributed by atoms with van der Waals surface area (Å²) in [6.07, 6.45) is 0. The number of benzene rings is 2. The molecule has 0 saturated carbocycles. The molecule has 2 aromatic carbocycles. The van der Waals surface area contributed by atoms with Crippen LogP contribution in [0.4, 0.5) is 4.39 Å². The van der Waals surface area contributed by atoms with E-state index in [9.17, 15) is 9.18 Å². The van der Waals surface area contributed by atoms with Crippen molar-refractivity contribution in [1.82, 2.24) is 5.32 Å². The summed E-state index contributed by atoms with van der Waals surface area (Å²) in [6.45, 7) is 0.196. The molecule has 100 valence electrons. The second kappa shape index (κ2) is 6.74. The second-order valence-corrected chi connectivity index (χ2v) is 4.38. The van der Waals surface area contributed by atoms with Gasteiger partial charge in [-0.1, -0.05) is 41.6 Å². The molecule has 4 heteroatoms. The largest absolute Gasteiger partial charge is 0.341 e. The summed E-state index contributed by atoms with van der Waals surface area (Å²) in [5.41, 5.74) is 1.11. The molecule has 0 heterocycles. The maximum Gasteiger partial charge on any atom is 0.253 e. The normalized spacial score (nSPS) is 9.50. The highest BCUT2D eigenvalue weighted by Crippen LogP contribution is 2.16. The lowest BCUT2D eigenvalue weighted by atomic mass is 10.2. The van der Waals surface area contributed by atoms with E-state index in [4.69, 9.17) is 11.6 Å². The molecule has 0 aromatic heterocycles. The zero-order valence-electron chi connectivity index (χ0n) is 10.5. The molecule has 1 N–H and O–H groups in total. The predicted molar refractivity (Wildman–Crippen MR) is 77.1 cm³/mol. The van der Waals surface area contributed by atoms with Crippen molar-refractivity contribution in [2.24, 2.45) is 0 Å². The van der Waals surface area contributed by atoms with Gasteiger partial charge in [-0.25, -0.2) is 4.39 Å². The molecule has 2 nitrogen and oxygen atoms in total. The Balaban J connectivity index is 1.95. The lowest BCUT2D eigenvalue weighted by molar-refractivity contribution is 0.0959. The number of nitrogens with one attached hydrogen (secondary N) is 1. The van der Waals surface area contributed by atoms with Gasteiger partial charge in [0.15, 0.2) is 0 Å². The third-order valence-corrected chi connectivity index (χ3v) is 2.83. The van der Waals surface area contributed by atoms with Crippen molar-refractivity contribution in [2.75, 3.05) is 6.54 Å². The summed E-state index contributed by atoms with van der Waals surface area (Å²) in [4.78, 5) is 11.8. The summed E-state index contributed by atoms with van der Waals surface area (Å²) in [7, 11) is 0. The highest BCUT2D eigenvalue weighted by molar-refractivity contribution is 6.33. The standard InChI is InChI=1S/C16H11ClFNO/c17-15-11-13(18)8-9-14(15)16(20)19-10-4-7-12-5-2-1-3-6-12/h1-3,5-6,8-9,11H,10H2,(H,19,20). The van der Waals surface area contributed by atoms with Crippen LogP contribution in [0.2, 0.25) is 5.02 Å². The van der Waals surface area contributed by atoms with Crippen molar-refractivity contribution in [1.29, 1.82) is 0 Å². The van der Waals surface area contributed by atoms with Crippen molar-refractivity contribution in [3.8, 4) is 11.8 Å². The van der Waals surface area contributed by atoms with Crippen molar-refractivity contribution in [3.05, 3.63) is 70.5 Å². The molecule has 2 rings (SSSR count). The molecule has 0 aliphatic carbocycles. The summed E-state index contributed by atoms with van der Waals surface area (Å²) in [5, 5.41) is 2.69. The number of carbonyl (C=O) groups excluding carboxylic acids is 1. The summed E-state index contributed by atoms with van der Waals surface area (Å²) in [6, 6.07) is 13.1. The SMILES string of the molecule is O=C(NCC#Cc1ccccc1)c1ccc(F)cc1Cl. The van der Waals surface area contributed by atoms with E-state index in [2.05, 4.69) is 17.2 Å². The van der Waals surface area contributed by atoms with Gasteiger partial charge in [-0.3, -0.25) is 4.79 Å². The fourth-order valence-corrected chi connectivity index (χ4v) is 1.81. The Labute approximate surface area is 121 Å². The van der Waals surface area contributed by atoms with Crippen LogP contribution in [0.5, 0.6) is 0 Å². The minimum Gasteiger partial charge on any atom is -0.341 e. The minimum atomic E-state index is -0.476. The van der Waals surface area contributed by atoms with E-state index in [1.54, 1.807) is 0 Å². The van der Waals surface area contributed by atoms with Gasteiger partial charge < -0.3 is 5.32 Å². The molecule has 0 spiro atoms. The van der Waals surface area contributed by atoms with Gasteiger partial charge in [0, 0.05) is 5.56 Å². The molecule has 0 aliphatic rings. The van der Waals surface area contributed by atoms with Crippen LogP contribution in [0.3, 0.4) is 0 Å². The van der Waals surface area contributed by atoms with Crippen molar-refractivity contribution in [2.45, 2.75) is 0 Å². The Morgan fingerprint density at radius 2 is 1.95 bits per heavy atom. The van der Waals surface area contributed by atoms with Crippen LogP contribution in [0.1, 0.15) is 15.9 Å². The number of hydrogen-bond donors (Lipinski definition) is 1. The molecule has 1 amide bonds. The average molecular weight is 288 g/mol. The third-order valence-electron chi connectivity index (χ3n) is 2.52. The molecule has 20 heavy (non-hydrogen) atoms. The third kappa shape index (κ3) is 3.84. The number of halogens is 2. The van der Waals surface area contributed by atoms with Gasteiger partial charge in [-0.15, -0.1) is 0 Å². The van der Waals surface area contributed by atoms with Crippen molar-refractivity contribution < 1.29 is 9.18 Å². The fraction of sp³-hybridized carbons (Fsp3) is 0.0625. The van der Waals surface area contributed by atoms with Crippen LogP contribution < -0.4 is 5.32 Å². The van der Waals surface area contributed by atoms with Gasteiger partial charge in [0.05, 0.1) is 17.1 Å². The predicted octanol–water partition coefficient (Wildman–Crippen LogP) is 3.26. The Bertz CT molecular complexity index is 674. The monoisotopic (exact) mass is 287 g/mol. The number of hydrogen-bond acceptors (Lipinski definition) is 1. The molecule has 0 unspecified atom stereocenters. The summed E-state index contributed by atoms with van der Waals surface area (Å²) >= 11 is 5.80. The average Bonchev–Trinajstić information content (AvgIpc) is 2.44. The summed E-state index contributed by atoms with van der Waals surface area (Å²) in [5.74, 6) is 4.90. The van der Waals surface area contributed by atoms with E-state index in [1.807, 2.05) is 30.3 Å². The van der Waals surface area contributed by atoms with Crippen LogP contribution in [0.15, 0.2) is 48.5 Å². The van der Waals surface area contributed by atoms with E-state index < -0.39 is 5.82 Å². The number of rotatable bonds is 2. The second-order valence-electron chi connectivity index (χ2n) is 3.97. The van der Waals surface area contributed by atoms with Crippen molar-refractivity contribution in [3.63, 3.8) is 0 Å². The maximum atomic E-state index is 12.9. The van der Waals surface area contributed by atoms with Gasteiger partial charge in [0.1, 0.15) is 5.82 Å². The Kier molecular flexibility index (Phi) is 4.75. The summed E-state index contributed by atoms with van der Waals surface area (Å²) < 4.78 is 12.9. The minimum absolute atomic E-state index is 0.0820. The highest BCUT2D eigenvalue weighted by Gasteiger charge is 2.09. The van der Waals surface area contributed by atoms with Crippen LogP contribution in [-0.2, 0) is 0 Å². The van der Waals surface area contributed by atoms with E-state index in [1.165, 1.54) is 12.1 Å². The first-order valence-corrected chi connectivity index (χ1v) is 6.32. The Hall–Kier alpha value is -2.31. The zero-order valence-corrected chi connectivity index (χ0v) is 11.2. The lowest BCUT2D eigenvalue weighted by Crippen LogP contribution is -2.23. The molecular formula is C16H11ClFNO. The molecule has 0 bridgehead atoms. The van der Waals surface area contributed by atoms with E-state index >= 15 is 0 Å². The lowest BCUT2D eigenvalue weighted by Gasteiger charge is -2.03. The van der Waals surface area contributed by atoms with E-state index in [-0.39, 0.29) is 23.0 Å². The molecule has 0 fully saturated rings. The van der Waals surface area contributed by atoms with Crippen LogP contribution in [-0.4, -0.2) is 12.5 Å². The van der Waals surface area contributed by atoms with Gasteiger partial charge in [0.2, 0.25) is 0 Å². The topological polar surface area (TPSA) is 29.1 Å². The highest BCUT2D eigenvalue weighted by atomic mass is 35.5. The maximum absolute atomic E-state index is 12.9. The quantitative estimate of drug-likeness (QED) is 0.844.